The summed E-state index contributed by atoms with van der Waals surface area (Å²) < 4.78 is 10.1. The van der Waals surface area contributed by atoms with Crippen LogP contribution in [0.4, 0.5) is 4.79 Å². The van der Waals surface area contributed by atoms with Gasteiger partial charge in [-0.05, 0) is 32.6 Å². The van der Waals surface area contributed by atoms with E-state index in [-0.39, 0.29) is 19.1 Å². The first kappa shape index (κ1) is 24.4. The van der Waals surface area contributed by atoms with Crippen LogP contribution in [0.5, 0.6) is 0 Å². The molecule has 3 aliphatic heterocycles. The van der Waals surface area contributed by atoms with Gasteiger partial charge in [-0.3, -0.25) is 14.9 Å². The number of carbonyl (C=O) groups excluding carboxylic acids is 3. The molecule has 5 heterocycles. The van der Waals surface area contributed by atoms with Gasteiger partial charge in [-0.2, -0.15) is 0 Å². The highest BCUT2D eigenvalue weighted by Crippen LogP contribution is 2.45. The van der Waals surface area contributed by atoms with Gasteiger partial charge in [0, 0.05) is 51.7 Å². The Morgan fingerprint density at radius 1 is 0.878 bits per heavy atom. The number of hydrogen-bond acceptors (Lipinski definition) is 6. The van der Waals surface area contributed by atoms with Gasteiger partial charge in [0.25, 0.3) is 11.8 Å². The van der Waals surface area contributed by atoms with Gasteiger partial charge >= 0.3 is 6.09 Å². The summed E-state index contributed by atoms with van der Waals surface area (Å²) in [5.41, 5.74) is 4.00. The smallest absolute Gasteiger partial charge is 0.410 e. The summed E-state index contributed by atoms with van der Waals surface area (Å²) >= 11 is 0. The predicted octanol–water partition coefficient (Wildman–Crippen LogP) is 3.30. The van der Waals surface area contributed by atoms with Crippen LogP contribution in [0.15, 0.2) is 48.5 Å². The number of amides is 3. The van der Waals surface area contributed by atoms with E-state index in [0.717, 1.165) is 39.3 Å². The number of carbonyl (C=O) groups is 3. The summed E-state index contributed by atoms with van der Waals surface area (Å²) in [7, 11) is 4.01. The third-order valence-electron chi connectivity index (χ3n) is 9.16. The summed E-state index contributed by atoms with van der Waals surface area (Å²) in [6, 6.07) is 15.7. The van der Waals surface area contributed by atoms with Crippen molar-refractivity contribution in [1.82, 2.24) is 24.3 Å². The lowest BCUT2D eigenvalue weighted by molar-refractivity contribution is -0.0234. The zero-order chi connectivity index (χ0) is 28.2. The number of aromatic nitrogens is 2. The molecule has 0 bridgehead atoms. The van der Waals surface area contributed by atoms with E-state index in [2.05, 4.69) is 10.2 Å². The average molecular weight is 552 g/mol. The van der Waals surface area contributed by atoms with E-state index >= 15 is 0 Å². The van der Waals surface area contributed by atoms with E-state index in [1.54, 1.807) is 4.90 Å². The number of fused-ring (bicyclic) bond motifs is 9. The Morgan fingerprint density at radius 2 is 1.44 bits per heavy atom. The molecule has 0 spiro atoms. The van der Waals surface area contributed by atoms with Crippen LogP contribution in [0.3, 0.4) is 0 Å². The van der Waals surface area contributed by atoms with Crippen LogP contribution in [0.2, 0.25) is 0 Å². The van der Waals surface area contributed by atoms with E-state index in [1.165, 1.54) is 0 Å². The molecule has 2 aromatic heterocycles. The molecular weight excluding hydrogens is 522 g/mol. The summed E-state index contributed by atoms with van der Waals surface area (Å²) in [5, 5.41) is 17.2. The van der Waals surface area contributed by atoms with Crippen molar-refractivity contribution in [3.63, 3.8) is 0 Å². The molecule has 3 aromatic carbocycles. The standard InChI is InChI=1S/C31H29N5O5/c1-33(2)16-11-12-34(13-16)31(40)41-22-15-36-20-10-6-4-8-18(20)24-26-25(29(38)32-30(26)39)23-17-7-3-5-9-19(17)35(14-21(22)37)27(23)28(24)36/h3-10,16,21-22,37H,11-15H2,1-2H3,(H,32,38,39). The summed E-state index contributed by atoms with van der Waals surface area (Å²) in [4.78, 5) is 43.8. The molecule has 1 saturated heterocycles. The number of para-hydroxylation sites is 2. The van der Waals surface area contributed by atoms with Crippen molar-refractivity contribution < 1.29 is 24.2 Å². The van der Waals surface area contributed by atoms with Crippen molar-refractivity contribution in [1.29, 1.82) is 0 Å². The Bertz CT molecular complexity index is 1970. The third kappa shape index (κ3) is 3.28. The number of nitrogens with one attached hydrogen (secondary N) is 1. The molecule has 2 N–H and O–H groups in total. The van der Waals surface area contributed by atoms with Crippen LogP contribution in [0, 0.1) is 0 Å². The lowest BCUT2D eigenvalue weighted by Gasteiger charge is -2.29. The SMILES string of the molecule is CN(C)C1CCN(C(=O)OC2Cn3c4ccccc4c4c5c(c6c7ccccc7n(c6c43)CC2O)C(=O)NC5=O)C1. The van der Waals surface area contributed by atoms with E-state index in [9.17, 15) is 19.5 Å². The number of aliphatic hydroxyl groups excluding tert-OH is 1. The zero-order valence-corrected chi connectivity index (χ0v) is 22.8. The van der Waals surface area contributed by atoms with E-state index < -0.39 is 30.1 Å². The molecule has 3 amide bonds. The quantitative estimate of drug-likeness (QED) is 0.326. The number of likely N-dealkylation sites (tertiary alicyclic amines) is 1. The minimum absolute atomic E-state index is 0.160. The van der Waals surface area contributed by atoms with Gasteiger partial charge in [-0.25, -0.2) is 4.79 Å². The van der Waals surface area contributed by atoms with Gasteiger partial charge in [0.1, 0.15) is 12.2 Å². The summed E-state index contributed by atoms with van der Waals surface area (Å²) in [5.74, 6) is -0.830. The molecule has 10 nitrogen and oxygen atoms in total. The van der Waals surface area contributed by atoms with E-state index in [1.807, 2.05) is 71.8 Å². The molecular formula is C31H29N5O5. The molecule has 0 aliphatic carbocycles. The van der Waals surface area contributed by atoms with Crippen molar-refractivity contribution in [3.8, 4) is 0 Å². The zero-order valence-electron chi connectivity index (χ0n) is 22.8. The lowest BCUT2D eigenvalue weighted by atomic mass is 9.96. The largest absolute Gasteiger partial charge is 0.441 e. The molecule has 0 radical (unpaired) electrons. The van der Waals surface area contributed by atoms with Gasteiger partial charge < -0.3 is 28.8 Å². The van der Waals surface area contributed by atoms with Crippen LogP contribution >= 0.6 is 0 Å². The molecule has 3 unspecified atom stereocenters. The first-order valence-corrected chi connectivity index (χ1v) is 14.0. The van der Waals surface area contributed by atoms with Crippen molar-refractivity contribution in [2.45, 2.75) is 37.8 Å². The van der Waals surface area contributed by atoms with Gasteiger partial charge in [0.15, 0.2) is 0 Å². The minimum Gasteiger partial charge on any atom is -0.441 e. The number of aliphatic hydroxyl groups is 1. The fourth-order valence-electron chi connectivity index (χ4n) is 7.17. The number of benzene rings is 3. The van der Waals surface area contributed by atoms with Crippen molar-refractivity contribution in [2.24, 2.45) is 0 Å². The summed E-state index contributed by atoms with van der Waals surface area (Å²) in [6.07, 6.45) is -1.43. The number of imide groups is 1. The van der Waals surface area contributed by atoms with Crippen LogP contribution in [-0.4, -0.2) is 87.4 Å². The van der Waals surface area contributed by atoms with Crippen LogP contribution in [0.1, 0.15) is 27.1 Å². The Kier molecular flexibility index (Phi) is 5.08. The second-order valence-corrected chi connectivity index (χ2v) is 11.6. The van der Waals surface area contributed by atoms with E-state index in [4.69, 9.17) is 4.74 Å². The Balaban J connectivity index is 1.39. The van der Waals surface area contributed by atoms with Crippen molar-refractivity contribution in [2.75, 3.05) is 27.2 Å². The topological polar surface area (TPSA) is 109 Å². The Hall–Kier alpha value is -4.41. The normalized spacial score (nSPS) is 22.3. The number of hydrogen-bond donors (Lipinski definition) is 2. The van der Waals surface area contributed by atoms with Crippen LogP contribution < -0.4 is 5.32 Å². The molecule has 3 atom stereocenters. The highest BCUT2D eigenvalue weighted by Gasteiger charge is 2.39. The maximum Gasteiger partial charge on any atom is 0.410 e. The fourth-order valence-corrected chi connectivity index (χ4v) is 7.17. The van der Waals surface area contributed by atoms with Crippen molar-refractivity contribution in [3.05, 3.63) is 59.7 Å². The highest BCUT2D eigenvalue weighted by atomic mass is 16.6. The van der Waals surface area contributed by atoms with Crippen LogP contribution in [0.25, 0.3) is 43.6 Å². The van der Waals surface area contributed by atoms with Gasteiger partial charge in [0.2, 0.25) is 0 Å². The number of rotatable bonds is 2. The number of ether oxygens (including phenoxy) is 1. The van der Waals surface area contributed by atoms with Gasteiger partial charge in [0.05, 0.1) is 35.2 Å². The maximum absolute atomic E-state index is 13.4. The molecule has 208 valence electrons. The second-order valence-electron chi connectivity index (χ2n) is 11.6. The molecule has 41 heavy (non-hydrogen) atoms. The minimum atomic E-state index is -1.02. The van der Waals surface area contributed by atoms with Gasteiger partial charge in [-0.15, -0.1) is 0 Å². The number of nitrogens with zero attached hydrogens (tertiary/aromatic N) is 4. The molecule has 5 aromatic rings. The molecule has 3 aliphatic rings. The van der Waals surface area contributed by atoms with Crippen LogP contribution in [-0.2, 0) is 17.8 Å². The monoisotopic (exact) mass is 551 g/mol. The number of likely N-dealkylation sites (N-methyl/N-ethyl adjacent to an activating group) is 1. The first-order chi connectivity index (χ1) is 19.8. The average Bonchev–Trinajstić information content (AvgIpc) is 3.71. The fraction of sp³-hybridized carbons (Fsp3) is 0.323. The highest BCUT2D eigenvalue weighted by molar-refractivity contribution is 6.39. The molecule has 8 rings (SSSR count). The van der Waals surface area contributed by atoms with Gasteiger partial charge in [-0.1, -0.05) is 36.4 Å². The molecule has 0 saturated carbocycles. The molecule has 10 heteroatoms. The second kappa shape index (κ2) is 8.55. The first-order valence-electron chi connectivity index (χ1n) is 14.0. The van der Waals surface area contributed by atoms with E-state index in [0.29, 0.717) is 35.0 Å². The van der Waals surface area contributed by atoms with Crippen molar-refractivity contribution >= 4 is 61.5 Å². The Labute approximate surface area is 234 Å². The lowest BCUT2D eigenvalue weighted by Crippen LogP contribution is -2.43. The third-order valence-corrected chi connectivity index (χ3v) is 9.16. The Morgan fingerprint density at radius 3 is 2.00 bits per heavy atom. The maximum atomic E-state index is 13.4. The molecule has 1 fully saturated rings. The summed E-state index contributed by atoms with van der Waals surface area (Å²) in [6.45, 7) is 1.54. The predicted molar refractivity (Wildman–Crippen MR) is 154 cm³/mol.